The molecular formula is C11H20ClN3O2. The van der Waals surface area contributed by atoms with Gasteiger partial charge in [0.15, 0.2) is 0 Å². The topological polar surface area (TPSA) is 61.8 Å². The monoisotopic (exact) mass is 261 g/mol. The van der Waals surface area contributed by atoms with E-state index in [0.717, 1.165) is 17.9 Å². The van der Waals surface area contributed by atoms with Crippen LogP contribution in [0.1, 0.15) is 33.1 Å². The summed E-state index contributed by atoms with van der Waals surface area (Å²) in [5.74, 6) is 1.08. The van der Waals surface area contributed by atoms with E-state index in [0.29, 0.717) is 11.8 Å². The molecule has 1 rings (SSSR count). The smallest absolute Gasteiger partial charge is 0.333 e. The van der Waals surface area contributed by atoms with Crippen LogP contribution in [0.5, 0.6) is 0 Å². The van der Waals surface area contributed by atoms with Gasteiger partial charge >= 0.3 is 6.03 Å². The number of amides is 2. The van der Waals surface area contributed by atoms with Gasteiger partial charge in [-0.2, -0.15) is 5.01 Å². The maximum absolute atomic E-state index is 11.8. The molecule has 2 unspecified atom stereocenters. The lowest BCUT2D eigenvalue weighted by molar-refractivity contribution is 0.168. The van der Waals surface area contributed by atoms with Gasteiger partial charge in [-0.25, -0.2) is 4.79 Å². The lowest BCUT2D eigenvalue weighted by Gasteiger charge is -2.35. The standard InChI is InChI=1S/C11H20ClN3O2/c1-8-4-3-5-9(2)10(8)13-11(16)15(14-17)7-6-12/h8-10H,3-7H2,1-2H3,(H,13,16). The van der Waals surface area contributed by atoms with Gasteiger partial charge in [-0.3, -0.25) is 0 Å². The highest BCUT2D eigenvalue weighted by Crippen LogP contribution is 2.28. The summed E-state index contributed by atoms with van der Waals surface area (Å²) in [4.78, 5) is 22.3. The highest BCUT2D eigenvalue weighted by Gasteiger charge is 2.30. The summed E-state index contributed by atoms with van der Waals surface area (Å²) < 4.78 is 0. The van der Waals surface area contributed by atoms with Gasteiger partial charge in [0.25, 0.3) is 0 Å². The molecule has 6 heteroatoms. The van der Waals surface area contributed by atoms with Gasteiger partial charge in [-0.05, 0) is 24.7 Å². The minimum atomic E-state index is -0.439. The molecule has 0 aliphatic heterocycles. The molecule has 1 aliphatic rings. The molecule has 0 radical (unpaired) electrons. The van der Waals surface area contributed by atoms with Crippen molar-refractivity contribution in [1.29, 1.82) is 0 Å². The highest BCUT2D eigenvalue weighted by atomic mass is 35.5. The Morgan fingerprint density at radius 2 is 2.00 bits per heavy atom. The van der Waals surface area contributed by atoms with Crippen LogP contribution >= 0.6 is 11.6 Å². The van der Waals surface area contributed by atoms with E-state index < -0.39 is 6.03 Å². The maximum atomic E-state index is 11.8. The molecule has 0 aromatic carbocycles. The zero-order valence-corrected chi connectivity index (χ0v) is 11.1. The van der Waals surface area contributed by atoms with Crippen molar-refractivity contribution < 1.29 is 4.79 Å². The average molecular weight is 262 g/mol. The molecule has 1 fully saturated rings. The van der Waals surface area contributed by atoms with Crippen molar-refractivity contribution in [2.45, 2.75) is 39.2 Å². The molecule has 2 amide bonds. The first-order valence-electron chi connectivity index (χ1n) is 6.07. The van der Waals surface area contributed by atoms with E-state index in [4.69, 9.17) is 11.6 Å². The molecular weight excluding hydrogens is 242 g/mol. The Morgan fingerprint density at radius 1 is 1.41 bits per heavy atom. The lowest BCUT2D eigenvalue weighted by Crippen LogP contribution is -2.49. The number of alkyl halides is 1. The predicted octanol–water partition coefficient (Wildman–Crippen LogP) is 2.74. The number of nitroso groups, excluding NO2 is 1. The molecule has 1 N–H and O–H groups in total. The largest absolute Gasteiger partial charge is 0.340 e. The molecule has 0 heterocycles. The van der Waals surface area contributed by atoms with Crippen LogP contribution in [0.25, 0.3) is 0 Å². The van der Waals surface area contributed by atoms with E-state index in [1.807, 2.05) is 0 Å². The van der Waals surface area contributed by atoms with Gasteiger partial charge in [0.1, 0.15) is 0 Å². The molecule has 2 atom stereocenters. The number of nitrogens with zero attached hydrogens (tertiary/aromatic N) is 2. The molecule has 0 aromatic rings. The van der Waals surface area contributed by atoms with E-state index in [2.05, 4.69) is 24.5 Å². The molecule has 1 aliphatic carbocycles. The Kier molecular flexibility index (Phi) is 5.68. The Morgan fingerprint density at radius 3 is 2.47 bits per heavy atom. The average Bonchev–Trinajstić information content (AvgIpc) is 2.30. The zero-order chi connectivity index (χ0) is 12.8. The number of halogens is 1. The first-order valence-corrected chi connectivity index (χ1v) is 6.60. The van der Waals surface area contributed by atoms with Crippen LogP contribution in [0.4, 0.5) is 4.79 Å². The summed E-state index contributed by atoms with van der Waals surface area (Å²) in [6, 6.07) is -0.318. The van der Waals surface area contributed by atoms with Crippen molar-refractivity contribution in [3.05, 3.63) is 4.91 Å². The van der Waals surface area contributed by atoms with E-state index in [1.165, 1.54) is 6.42 Å². The number of carbonyl (C=O) groups is 1. The quantitative estimate of drug-likeness (QED) is 0.480. The minimum Gasteiger partial charge on any atom is -0.333 e. The number of hydrogen-bond acceptors (Lipinski definition) is 3. The van der Waals surface area contributed by atoms with E-state index in [1.54, 1.807) is 0 Å². The first-order chi connectivity index (χ1) is 8.10. The van der Waals surface area contributed by atoms with Crippen molar-refractivity contribution in [2.75, 3.05) is 12.4 Å². The van der Waals surface area contributed by atoms with Gasteiger partial charge in [-0.1, -0.05) is 20.3 Å². The van der Waals surface area contributed by atoms with Crippen molar-refractivity contribution in [3.63, 3.8) is 0 Å². The normalized spacial score (nSPS) is 28.5. The molecule has 0 bridgehead atoms. The molecule has 98 valence electrons. The summed E-state index contributed by atoms with van der Waals surface area (Å²) in [6.07, 6.45) is 3.42. The summed E-state index contributed by atoms with van der Waals surface area (Å²) in [6.45, 7) is 4.40. The Hall–Kier alpha value is -0.840. The van der Waals surface area contributed by atoms with Gasteiger partial charge < -0.3 is 5.32 Å². The predicted molar refractivity (Wildman–Crippen MR) is 67.7 cm³/mol. The van der Waals surface area contributed by atoms with Gasteiger partial charge in [0.2, 0.25) is 0 Å². The van der Waals surface area contributed by atoms with E-state index in [9.17, 15) is 9.70 Å². The molecule has 0 aromatic heterocycles. The summed E-state index contributed by atoms with van der Waals surface area (Å²) in [7, 11) is 0. The molecule has 0 spiro atoms. The summed E-state index contributed by atoms with van der Waals surface area (Å²) in [5, 5.41) is 6.42. The molecule has 17 heavy (non-hydrogen) atoms. The Labute approximate surface area is 107 Å². The number of rotatable bonds is 4. The lowest BCUT2D eigenvalue weighted by atomic mass is 9.79. The summed E-state index contributed by atoms with van der Waals surface area (Å²) in [5.41, 5.74) is 0. The zero-order valence-electron chi connectivity index (χ0n) is 10.4. The van der Waals surface area contributed by atoms with Gasteiger partial charge in [-0.15, -0.1) is 16.5 Å². The second-order valence-electron chi connectivity index (χ2n) is 4.75. The fourth-order valence-corrected chi connectivity index (χ4v) is 2.60. The van der Waals surface area contributed by atoms with Crippen molar-refractivity contribution >= 4 is 17.6 Å². The molecule has 0 saturated heterocycles. The second-order valence-corrected chi connectivity index (χ2v) is 5.13. The van der Waals surface area contributed by atoms with E-state index in [-0.39, 0.29) is 18.5 Å². The van der Waals surface area contributed by atoms with Crippen molar-refractivity contribution in [1.82, 2.24) is 10.3 Å². The van der Waals surface area contributed by atoms with Crippen LogP contribution < -0.4 is 5.32 Å². The fourth-order valence-electron chi connectivity index (χ4n) is 2.44. The number of nitrogens with one attached hydrogen (secondary N) is 1. The minimum absolute atomic E-state index is 0.121. The number of hydrogen-bond donors (Lipinski definition) is 1. The van der Waals surface area contributed by atoms with Crippen molar-refractivity contribution in [3.8, 4) is 0 Å². The van der Waals surface area contributed by atoms with E-state index >= 15 is 0 Å². The Bertz CT molecular complexity index is 265. The van der Waals surface area contributed by atoms with Crippen molar-refractivity contribution in [2.24, 2.45) is 17.1 Å². The van der Waals surface area contributed by atoms with Crippen LogP contribution in [0.2, 0.25) is 0 Å². The molecule has 5 nitrogen and oxygen atoms in total. The van der Waals surface area contributed by atoms with Gasteiger partial charge in [0, 0.05) is 11.9 Å². The van der Waals surface area contributed by atoms with Gasteiger partial charge in [0.05, 0.1) is 11.8 Å². The SMILES string of the molecule is CC1CCCC(C)C1NC(=O)N(CCCl)N=O. The third-order valence-corrected chi connectivity index (χ3v) is 3.63. The van der Waals surface area contributed by atoms with Crippen LogP contribution in [0.15, 0.2) is 5.29 Å². The highest BCUT2D eigenvalue weighted by molar-refractivity contribution is 6.18. The maximum Gasteiger partial charge on any atom is 0.340 e. The third kappa shape index (κ3) is 3.84. The van der Waals surface area contributed by atoms with Crippen LogP contribution in [-0.4, -0.2) is 29.5 Å². The number of carbonyl (C=O) groups excluding carboxylic acids is 1. The van der Waals surface area contributed by atoms with Crippen LogP contribution in [0, 0.1) is 16.7 Å². The molecule has 1 saturated carbocycles. The van der Waals surface area contributed by atoms with Crippen LogP contribution in [0.3, 0.4) is 0 Å². The Balaban J connectivity index is 2.56. The summed E-state index contributed by atoms with van der Waals surface area (Å²) >= 11 is 5.50. The number of urea groups is 1. The fraction of sp³-hybridized carbons (Fsp3) is 0.909. The second kappa shape index (κ2) is 6.79. The third-order valence-electron chi connectivity index (χ3n) is 3.46. The van der Waals surface area contributed by atoms with Crippen LogP contribution in [-0.2, 0) is 0 Å². The first kappa shape index (κ1) is 14.2.